The summed E-state index contributed by atoms with van der Waals surface area (Å²) in [4.78, 5) is 5.62. The van der Waals surface area contributed by atoms with Gasteiger partial charge in [-0.2, -0.15) is 0 Å². The molecule has 90 valence electrons. The van der Waals surface area contributed by atoms with Gasteiger partial charge in [0, 0.05) is 24.5 Å². The van der Waals surface area contributed by atoms with Crippen LogP contribution in [0.3, 0.4) is 0 Å². The maximum absolute atomic E-state index is 4.32. The van der Waals surface area contributed by atoms with Crippen LogP contribution in [0.25, 0.3) is 0 Å². The first-order chi connectivity index (χ1) is 8.10. The van der Waals surface area contributed by atoms with Crippen LogP contribution in [0.2, 0.25) is 0 Å². The highest BCUT2D eigenvalue weighted by Gasteiger charge is 2.07. The van der Waals surface area contributed by atoms with Crippen LogP contribution in [-0.4, -0.2) is 12.0 Å². The summed E-state index contributed by atoms with van der Waals surface area (Å²) in [5, 5.41) is 4.07. The zero-order valence-electron chi connectivity index (χ0n) is 10.8. The first kappa shape index (κ1) is 12.1. The predicted octanol–water partition coefficient (Wildman–Crippen LogP) is 3.70. The summed E-state index contributed by atoms with van der Waals surface area (Å²) in [6.07, 6.45) is 2.95. The third kappa shape index (κ3) is 2.67. The van der Waals surface area contributed by atoms with Crippen molar-refractivity contribution in [1.29, 1.82) is 0 Å². The molecule has 3 heteroatoms. The van der Waals surface area contributed by atoms with E-state index in [2.05, 4.69) is 43.2 Å². The van der Waals surface area contributed by atoms with Gasteiger partial charge in [-0.05, 0) is 37.5 Å². The molecular formula is C14H18N2S. The molecule has 1 N–H and O–H groups in total. The molecule has 0 fully saturated rings. The Morgan fingerprint density at radius 1 is 1.18 bits per heavy atom. The van der Waals surface area contributed by atoms with Gasteiger partial charge in [0.15, 0.2) is 5.13 Å². The van der Waals surface area contributed by atoms with E-state index in [4.69, 9.17) is 0 Å². The first-order valence-corrected chi connectivity index (χ1v) is 6.61. The third-order valence-corrected chi connectivity index (χ3v) is 3.97. The van der Waals surface area contributed by atoms with Crippen LogP contribution in [0, 0.1) is 20.8 Å². The number of rotatable bonds is 3. The van der Waals surface area contributed by atoms with Gasteiger partial charge in [0.1, 0.15) is 0 Å². The molecule has 17 heavy (non-hydrogen) atoms. The lowest BCUT2D eigenvalue weighted by molar-refractivity contribution is 1.13. The normalized spacial score (nSPS) is 10.6. The average molecular weight is 246 g/mol. The van der Waals surface area contributed by atoms with Crippen molar-refractivity contribution in [2.45, 2.75) is 27.2 Å². The van der Waals surface area contributed by atoms with Gasteiger partial charge in [-0.1, -0.05) is 17.7 Å². The van der Waals surface area contributed by atoms with Gasteiger partial charge in [-0.15, -0.1) is 11.3 Å². The Kier molecular flexibility index (Phi) is 3.48. The lowest BCUT2D eigenvalue weighted by atomic mass is 9.97. The lowest BCUT2D eigenvalue weighted by Gasteiger charge is -2.09. The van der Waals surface area contributed by atoms with Crippen molar-refractivity contribution >= 4 is 16.5 Å². The molecule has 0 aliphatic heterocycles. The first-order valence-electron chi connectivity index (χ1n) is 5.79. The maximum Gasteiger partial charge on any atom is 0.182 e. The molecule has 0 aliphatic carbocycles. The monoisotopic (exact) mass is 246 g/mol. The van der Waals surface area contributed by atoms with Crippen LogP contribution in [0.4, 0.5) is 5.13 Å². The molecule has 0 radical (unpaired) electrons. The summed E-state index contributed by atoms with van der Waals surface area (Å²) < 4.78 is 0. The lowest BCUT2D eigenvalue weighted by Crippen LogP contribution is -1.95. The minimum absolute atomic E-state index is 0.983. The molecule has 0 unspecified atom stereocenters. The average Bonchev–Trinajstić information content (AvgIpc) is 2.71. The molecule has 2 rings (SSSR count). The Balaban J connectivity index is 2.29. The Labute approximate surface area is 107 Å². The molecule has 0 aliphatic rings. The highest BCUT2D eigenvalue weighted by Crippen LogP contribution is 2.24. The minimum Gasteiger partial charge on any atom is -0.365 e. The minimum atomic E-state index is 0.983. The molecule has 2 nitrogen and oxygen atoms in total. The van der Waals surface area contributed by atoms with Crippen LogP contribution < -0.4 is 5.32 Å². The van der Waals surface area contributed by atoms with Gasteiger partial charge in [0.05, 0.1) is 0 Å². The van der Waals surface area contributed by atoms with Crippen molar-refractivity contribution in [2.24, 2.45) is 0 Å². The number of hydrogen-bond donors (Lipinski definition) is 1. The number of hydrogen-bond acceptors (Lipinski definition) is 3. The van der Waals surface area contributed by atoms with E-state index in [1.54, 1.807) is 11.3 Å². The molecule has 1 heterocycles. The zero-order valence-corrected chi connectivity index (χ0v) is 11.6. The van der Waals surface area contributed by atoms with Crippen molar-refractivity contribution in [1.82, 2.24) is 4.98 Å². The van der Waals surface area contributed by atoms with E-state index in [1.807, 2.05) is 13.2 Å². The molecule has 0 bridgehead atoms. The summed E-state index contributed by atoms with van der Waals surface area (Å²) in [5.74, 6) is 0. The van der Waals surface area contributed by atoms with Crippen LogP contribution in [0.5, 0.6) is 0 Å². The van der Waals surface area contributed by atoms with Gasteiger partial charge in [-0.3, -0.25) is 0 Å². The second kappa shape index (κ2) is 4.88. The number of nitrogens with zero attached hydrogens (tertiary/aromatic N) is 1. The van der Waals surface area contributed by atoms with E-state index in [1.165, 1.54) is 27.1 Å². The summed E-state index contributed by atoms with van der Waals surface area (Å²) in [6.45, 7) is 6.53. The van der Waals surface area contributed by atoms with Crippen LogP contribution in [0.1, 0.15) is 27.1 Å². The molecule has 0 saturated carbocycles. The quantitative estimate of drug-likeness (QED) is 0.893. The molecule has 0 saturated heterocycles. The Morgan fingerprint density at radius 2 is 1.82 bits per heavy atom. The highest BCUT2D eigenvalue weighted by atomic mass is 32.1. The summed E-state index contributed by atoms with van der Waals surface area (Å²) in [7, 11) is 1.91. The molecule has 0 atom stereocenters. The van der Waals surface area contributed by atoms with Crippen molar-refractivity contribution in [3.05, 3.63) is 45.5 Å². The number of thiazole rings is 1. The SMILES string of the molecule is CNc1ncc(Cc2c(C)cc(C)cc2C)s1. The second-order valence-electron chi connectivity index (χ2n) is 4.44. The van der Waals surface area contributed by atoms with Crippen molar-refractivity contribution in [3.8, 4) is 0 Å². The van der Waals surface area contributed by atoms with E-state index in [0.717, 1.165) is 11.6 Å². The Hall–Kier alpha value is -1.35. The van der Waals surface area contributed by atoms with Gasteiger partial charge in [0.2, 0.25) is 0 Å². The van der Waals surface area contributed by atoms with E-state index in [-0.39, 0.29) is 0 Å². The largest absolute Gasteiger partial charge is 0.365 e. The van der Waals surface area contributed by atoms with Crippen molar-refractivity contribution < 1.29 is 0 Å². The fourth-order valence-corrected chi connectivity index (χ4v) is 2.95. The van der Waals surface area contributed by atoms with Gasteiger partial charge in [-0.25, -0.2) is 4.98 Å². The van der Waals surface area contributed by atoms with Crippen LogP contribution >= 0.6 is 11.3 Å². The number of anilines is 1. The van der Waals surface area contributed by atoms with E-state index >= 15 is 0 Å². The molecule has 1 aromatic heterocycles. The van der Waals surface area contributed by atoms with Crippen LogP contribution in [0.15, 0.2) is 18.3 Å². The van der Waals surface area contributed by atoms with Gasteiger partial charge < -0.3 is 5.32 Å². The van der Waals surface area contributed by atoms with E-state index in [0.29, 0.717) is 0 Å². The van der Waals surface area contributed by atoms with Gasteiger partial charge >= 0.3 is 0 Å². The Morgan fingerprint density at radius 3 is 2.35 bits per heavy atom. The molecule has 1 aromatic carbocycles. The van der Waals surface area contributed by atoms with Crippen molar-refractivity contribution in [2.75, 3.05) is 12.4 Å². The standard InChI is InChI=1S/C14H18N2S/c1-9-5-10(2)13(11(3)6-9)7-12-8-16-14(15-4)17-12/h5-6,8H,7H2,1-4H3,(H,15,16). The third-order valence-electron chi connectivity index (χ3n) is 2.96. The second-order valence-corrected chi connectivity index (χ2v) is 5.55. The fraction of sp³-hybridized carbons (Fsp3) is 0.357. The molecule has 2 aromatic rings. The maximum atomic E-state index is 4.32. The number of nitrogens with one attached hydrogen (secondary N) is 1. The molecule has 0 spiro atoms. The van der Waals surface area contributed by atoms with Crippen LogP contribution in [-0.2, 0) is 6.42 Å². The fourth-order valence-electron chi connectivity index (χ4n) is 2.17. The number of aromatic nitrogens is 1. The predicted molar refractivity (Wildman–Crippen MR) is 75.1 cm³/mol. The number of benzene rings is 1. The Bertz CT molecular complexity index is 506. The molecule has 0 amide bonds. The number of aryl methyl sites for hydroxylation is 3. The highest BCUT2D eigenvalue weighted by molar-refractivity contribution is 7.15. The molecular weight excluding hydrogens is 228 g/mol. The smallest absolute Gasteiger partial charge is 0.182 e. The van der Waals surface area contributed by atoms with Crippen molar-refractivity contribution in [3.63, 3.8) is 0 Å². The van der Waals surface area contributed by atoms with E-state index < -0.39 is 0 Å². The topological polar surface area (TPSA) is 24.9 Å². The van der Waals surface area contributed by atoms with E-state index in [9.17, 15) is 0 Å². The summed E-state index contributed by atoms with van der Waals surface area (Å²) in [6, 6.07) is 4.50. The summed E-state index contributed by atoms with van der Waals surface area (Å²) in [5.41, 5.74) is 5.52. The summed E-state index contributed by atoms with van der Waals surface area (Å²) >= 11 is 1.73. The van der Waals surface area contributed by atoms with Gasteiger partial charge in [0.25, 0.3) is 0 Å². The zero-order chi connectivity index (χ0) is 12.4.